The predicted molar refractivity (Wildman–Crippen MR) is 41.4 cm³/mol. The molecule has 0 radical (unpaired) electrons. The zero-order valence-corrected chi connectivity index (χ0v) is 6.63. The van der Waals surface area contributed by atoms with Gasteiger partial charge in [0.15, 0.2) is 0 Å². The van der Waals surface area contributed by atoms with Gasteiger partial charge in [-0.1, -0.05) is 0 Å². The number of furan rings is 1. The number of carbonyl (C=O) groups is 1. The maximum Gasteiger partial charge on any atom is 0.255 e. The minimum Gasteiger partial charge on any atom is -0.469 e. The summed E-state index contributed by atoms with van der Waals surface area (Å²) in [6, 6.07) is 3.43. The van der Waals surface area contributed by atoms with Gasteiger partial charge < -0.3 is 9.73 Å². The molecular weight excluding hydrogens is 156 g/mol. The highest BCUT2D eigenvalue weighted by Gasteiger charge is 2.06. The Labute approximate surface area is 69.8 Å². The van der Waals surface area contributed by atoms with E-state index in [1.54, 1.807) is 13.0 Å². The summed E-state index contributed by atoms with van der Waals surface area (Å²) in [6.45, 7) is 1.77. The zero-order valence-electron chi connectivity index (χ0n) is 6.63. The first kappa shape index (κ1) is 8.34. The molecule has 1 N–H and O–H groups in total. The zero-order chi connectivity index (χ0) is 8.97. The number of hydrogen-bond acceptors (Lipinski definition) is 3. The molecule has 0 saturated heterocycles. The summed E-state index contributed by atoms with van der Waals surface area (Å²) in [6.07, 6.45) is 1.36. The molecule has 0 aliphatic rings. The van der Waals surface area contributed by atoms with Gasteiger partial charge in [-0.05, 0) is 13.0 Å². The van der Waals surface area contributed by atoms with Crippen LogP contribution in [0.2, 0.25) is 0 Å². The molecule has 0 aromatic carbocycles. The molecule has 0 saturated carbocycles. The highest BCUT2D eigenvalue weighted by Crippen LogP contribution is 2.05. The number of carbonyl (C=O) groups excluding carboxylic acids is 1. The van der Waals surface area contributed by atoms with E-state index in [0.29, 0.717) is 11.3 Å². The number of nitrogens with one attached hydrogen (secondary N) is 1. The van der Waals surface area contributed by atoms with Gasteiger partial charge in [-0.3, -0.25) is 4.79 Å². The summed E-state index contributed by atoms with van der Waals surface area (Å²) in [5, 5.41) is 10.6. The number of rotatable bonds is 2. The van der Waals surface area contributed by atoms with Crippen molar-refractivity contribution in [3.63, 3.8) is 0 Å². The monoisotopic (exact) mass is 164 g/mol. The van der Waals surface area contributed by atoms with E-state index in [9.17, 15) is 4.79 Å². The summed E-state index contributed by atoms with van der Waals surface area (Å²) >= 11 is 0. The maximum atomic E-state index is 11.1. The molecule has 0 bridgehead atoms. The Kier molecular flexibility index (Phi) is 2.49. The third kappa shape index (κ3) is 1.86. The van der Waals surface area contributed by atoms with E-state index in [1.165, 1.54) is 6.26 Å². The molecule has 0 fully saturated rings. The fourth-order valence-electron chi connectivity index (χ4n) is 0.784. The van der Waals surface area contributed by atoms with Gasteiger partial charge in [0.25, 0.3) is 5.91 Å². The average Bonchev–Trinajstić information content (AvgIpc) is 2.47. The normalized spacial score (nSPS) is 9.00. The van der Waals surface area contributed by atoms with E-state index in [2.05, 4.69) is 5.32 Å². The van der Waals surface area contributed by atoms with Gasteiger partial charge in [0.1, 0.15) is 18.6 Å². The van der Waals surface area contributed by atoms with Gasteiger partial charge in [0, 0.05) is 0 Å². The third-order valence-electron chi connectivity index (χ3n) is 1.32. The van der Waals surface area contributed by atoms with Crippen LogP contribution in [0.1, 0.15) is 16.1 Å². The van der Waals surface area contributed by atoms with E-state index >= 15 is 0 Å². The Morgan fingerprint density at radius 2 is 2.58 bits per heavy atom. The Bertz CT molecular complexity index is 322. The molecule has 62 valence electrons. The molecule has 0 unspecified atom stereocenters. The Hall–Kier alpha value is -1.76. The number of nitriles is 1. The van der Waals surface area contributed by atoms with Crippen molar-refractivity contribution in [3.8, 4) is 6.07 Å². The van der Waals surface area contributed by atoms with Crippen molar-refractivity contribution < 1.29 is 9.21 Å². The van der Waals surface area contributed by atoms with Gasteiger partial charge in [0.2, 0.25) is 0 Å². The van der Waals surface area contributed by atoms with E-state index in [1.807, 2.05) is 6.07 Å². The number of nitrogens with zero attached hydrogens (tertiary/aromatic N) is 1. The topological polar surface area (TPSA) is 66.0 Å². The summed E-state index contributed by atoms with van der Waals surface area (Å²) in [5.41, 5.74) is 0.447. The van der Waals surface area contributed by atoms with Crippen molar-refractivity contribution in [2.75, 3.05) is 6.54 Å². The van der Waals surface area contributed by atoms with Crippen LogP contribution in [0.3, 0.4) is 0 Å². The Morgan fingerprint density at radius 3 is 3.08 bits per heavy atom. The van der Waals surface area contributed by atoms with Crippen molar-refractivity contribution in [1.82, 2.24) is 5.32 Å². The van der Waals surface area contributed by atoms with Crippen molar-refractivity contribution >= 4 is 5.91 Å². The molecule has 0 spiro atoms. The molecule has 1 aromatic heterocycles. The van der Waals surface area contributed by atoms with E-state index in [0.717, 1.165) is 0 Å². The van der Waals surface area contributed by atoms with Crippen LogP contribution in [0.25, 0.3) is 0 Å². The Balaban J connectivity index is 2.61. The van der Waals surface area contributed by atoms with E-state index < -0.39 is 0 Å². The molecule has 1 rings (SSSR count). The minimum absolute atomic E-state index is 0.0169. The minimum atomic E-state index is -0.284. The predicted octanol–water partition coefficient (Wildman–Crippen LogP) is 0.841. The molecule has 1 aromatic rings. The Morgan fingerprint density at radius 1 is 1.83 bits per heavy atom. The molecule has 12 heavy (non-hydrogen) atoms. The number of hydrogen-bond donors (Lipinski definition) is 1. The maximum absolute atomic E-state index is 11.1. The molecule has 0 aliphatic carbocycles. The molecule has 4 nitrogen and oxygen atoms in total. The van der Waals surface area contributed by atoms with E-state index in [-0.39, 0.29) is 12.5 Å². The summed E-state index contributed by atoms with van der Waals surface area (Å²) < 4.78 is 4.92. The summed E-state index contributed by atoms with van der Waals surface area (Å²) in [4.78, 5) is 11.1. The summed E-state index contributed by atoms with van der Waals surface area (Å²) in [7, 11) is 0. The first-order valence-electron chi connectivity index (χ1n) is 3.44. The molecular formula is C8H8N2O2. The van der Waals surface area contributed by atoms with Gasteiger partial charge in [-0.25, -0.2) is 0 Å². The van der Waals surface area contributed by atoms with Crippen molar-refractivity contribution in [2.45, 2.75) is 6.92 Å². The molecule has 4 heteroatoms. The van der Waals surface area contributed by atoms with Crippen molar-refractivity contribution in [1.29, 1.82) is 5.26 Å². The first-order valence-corrected chi connectivity index (χ1v) is 3.44. The molecule has 0 atom stereocenters. The quantitative estimate of drug-likeness (QED) is 0.658. The second kappa shape index (κ2) is 3.58. The third-order valence-corrected chi connectivity index (χ3v) is 1.32. The van der Waals surface area contributed by atoms with Crippen molar-refractivity contribution in [3.05, 3.63) is 23.7 Å². The van der Waals surface area contributed by atoms with Crippen LogP contribution in [-0.4, -0.2) is 12.5 Å². The lowest BCUT2D eigenvalue weighted by molar-refractivity contribution is 0.0958. The smallest absolute Gasteiger partial charge is 0.255 e. The van der Waals surface area contributed by atoms with Crippen LogP contribution >= 0.6 is 0 Å². The van der Waals surface area contributed by atoms with Crippen LogP contribution in [0.5, 0.6) is 0 Å². The molecule has 1 heterocycles. The fourth-order valence-corrected chi connectivity index (χ4v) is 0.784. The lowest BCUT2D eigenvalue weighted by atomic mass is 10.3. The highest BCUT2D eigenvalue weighted by atomic mass is 16.3. The standard InChI is InChI=1S/C8H8N2O2/c1-6-4-7(5-12-6)8(11)10-3-2-9/h4-5H,3H2,1H3,(H,10,11). The molecule has 0 aliphatic heterocycles. The number of amides is 1. The second-order valence-corrected chi connectivity index (χ2v) is 2.29. The second-order valence-electron chi connectivity index (χ2n) is 2.29. The highest BCUT2D eigenvalue weighted by molar-refractivity contribution is 5.94. The van der Waals surface area contributed by atoms with Crippen LogP contribution in [0.4, 0.5) is 0 Å². The first-order chi connectivity index (χ1) is 5.74. The average molecular weight is 164 g/mol. The van der Waals surface area contributed by atoms with Gasteiger partial charge in [-0.15, -0.1) is 0 Å². The van der Waals surface area contributed by atoms with Gasteiger partial charge in [-0.2, -0.15) is 5.26 Å². The van der Waals surface area contributed by atoms with Gasteiger partial charge in [0.05, 0.1) is 11.6 Å². The van der Waals surface area contributed by atoms with Crippen LogP contribution in [-0.2, 0) is 0 Å². The SMILES string of the molecule is Cc1cc(C(=O)NCC#N)co1. The van der Waals surface area contributed by atoms with Crippen LogP contribution in [0, 0.1) is 18.3 Å². The largest absolute Gasteiger partial charge is 0.469 e. The molecule has 1 amide bonds. The van der Waals surface area contributed by atoms with Crippen LogP contribution in [0.15, 0.2) is 16.7 Å². The van der Waals surface area contributed by atoms with Crippen LogP contribution < -0.4 is 5.32 Å². The van der Waals surface area contributed by atoms with E-state index in [4.69, 9.17) is 9.68 Å². The van der Waals surface area contributed by atoms with Gasteiger partial charge >= 0.3 is 0 Å². The van der Waals surface area contributed by atoms with Crippen molar-refractivity contribution in [2.24, 2.45) is 0 Å². The fraction of sp³-hybridized carbons (Fsp3) is 0.250. The summed E-state index contributed by atoms with van der Waals surface area (Å²) in [5.74, 6) is 0.394. The lowest BCUT2D eigenvalue weighted by Gasteiger charge is -1.94. The number of aryl methyl sites for hydroxylation is 1. The lowest BCUT2D eigenvalue weighted by Crippen LogP contribution is -2.22.